The number of thioether (sulfide) groups is 1. The van der Waals surface area contributed by atoms with E-state index in [9.17, 15) is 14.4 Å². The van der Waals surface area contributed by atoms with Gasteiger partial charge in [-0.25, -0.2) is 4.79 Å². The van der Waals surface area contributed by atoms with Crippen LogP contribution >= 0.6 is 11.8 Å². The smallest absolute Gasteiger partial charge is 0.408 e. The Labute approximate surface area is 171 Å². The number of hydrogen-bond acceptors (Lipinski definition) is 5. The van der Waals surface area contributed by atoms with Crippen molar-refractivity contribution >= 4 is 40.4 Å². The zero-order valence-corrected chi connectivity index (χ0v) is 16.6. The van der Waals surface area contributed by atoms with Crippen molar-refractivity contribution in [2.75, 3.05) is 29.9 Å². The summed E-state index contributed by atoms with van der Waals surface area (Å²) in [6.07, 6.45) is 0.356. The van der Waals surface area contributed by atoms with Crippen LogP contribution in [0.15, 0.2) is 57.7 Å². The maximum atomic E-state index is 12.4. The fraction of sp³-hybridized carbons (Fsp3) is 0.286. The molecule has 29 heavy (non-hydrogen) atoms. The Morgan fingerprint density at radius 3 is 2.52 bits per heavy atom. The molecule has 150 valence electrons. The highest BCUT2D eigenvalue weighted by Gasteiger charge is 2.17. The Bertz CT molecular complexity index is 1080. The van der Waals surface area contributed by atoms with Crippen LogP contribution in [-0.4, -0.2) is 45.9 Å². The number of anilines is 1. The number of para-hydroxylation sites is 2. The molecule has 1 fully saturated rings. The first kappa shape index (κ1) is 19.3. The summed E-state index contributed by atoms with van der Waals surface area (Å²) in [4.78, 5) is 38.6. The molecule has 1 saturated heterocycles. The van der Waals surface area contributed by atoms with Gasteiger partial charge in [-0.15, -0.1) is 0 Å². The van der Waals surface area contributed by atoms with Crippen LogP contribution < -0.4 is 11.1 Å². The minimum absolute atomic E-state index is 0.133. The molecule has 0 atom stereocenters. The van der Waals surface area contributed by atoms with Gasteiger partial charge >= 0.3 is 5.76 Å². The van der Waals surface area contributed by atoms with E-state index >= 15 is 0 Å². The van der Waals surface area contributed by atoms with Crippen LogP contribution in [-0.2, 0) is 22.6 Å². The summed E-state index contributed by atoms with van der Waals surface area (Å²) in [6, 6.07) is 14.2. The van der Waals surface area contributed by atoms with Gasteiger partial charge in [0.15, 0.2) is 5.58 Å². The van der Waals surface area contributed by atoms with Gasteiger partial charge in [0.05, 0.1) is 11.9 Å². The van der Waals surface area contributed by atoms with Crippen molar-refractivity contribution in [3.8, 4) is 0 Å². The number of amides is 2. The number of rotatable bonds is 5. The molecule has 0 saturated carbocycles. The van der Waals surface area contributed by atoms with Crippen molar-refractivity contribution in [2.45, 2.75) is 13.0 Å². The molecule has 1 aliphatic rings. The topological polar surface area (TPSA) is 84.5 Å². The first-order valence-corrected chi connectivity index (χ1v) is 10.6. The molecular weight excluding hydrogens is 390 g/mol. The van der Waals surface area contributed by atoms with Crippen LogP contribution in [0.3, 0.4) is 0 Å². The summed E-state index contributed by atoms with van der Waals surface area (Å²) >= 11 is 1.87. The second-order valence-corrected chi connectivity index (χ2v) is 8.06. The van der Waals surface area contributed by atoms with Crippen LogP contribution in [0.4, 0.5) is 5.69 Å². The SMILES string of the molecule is O=C(Cn1c(=O)oc2ccccc21)Nc1ccc(CC(=O)N2CCSCC2)cc1. The van der Waals surface area contributed by atoms with E-state index in [1.54, 1.807) is 36.4 Å². The number of hydrogen-bond donors (Lipinski definition) is 1. The van der Waals surface area contributed by atoms with Crippen LogP contribution in [0.2, 0.25) is 0 Å². The molecule has 2 heterocycles. The number of nitrogens with one attached hydrogen (secondary N) is 1. The van der Waals surface area contributed by atoms with Gasteiger partial charge in [-0.1, -0.05) is 24.3 Å². The van der Waals surface area contributed by atoms with Gasteiger partial charge in [-0.2, -0.15) is 11.8 Å². The van der Waals surface area contributed by atoms with Crippen molar-refractivity contribution in [3.05, 3.63) is 64.6 Å². The Kier molecular flexibility index (Phi) is 5.71. The number of nitrogens with zero attached hydrogens (tertiary/aromatic N) is 2. The lowest BCUT2D eigenvalue weighted by atomic mass is 10.1. The molecule has 0 radical (unpaired) electrons. The summed E-state index contributed by atoms with van der Waals surface area (Å²) in [6.45, 7) is 1.47. The van der Waals surface area contributed by atoms with Gasteiger partial charge in [0, 0.05) is 30.3 Å². The van der Waals surface area contributed by atoms with Crippen molar-refractivity contribution in [3.63, 3.8) is 0 Å². The standard InChI is InChI=1S/C21H21N3O4S/c25-19(14-24-17-3-1-2-4-18(17)28-21(24)27)22-16-7-5-15(6-8-16)13-20(26)23-9-11-29-12-10-23/h1-8H,9-14H2,(H,22,25). The van der Waals surface area contributed by atoms with Gasteiger partial charge in [-0.05, 0) is 29.8 Å². The molecule has 0 unspecified atom stereocenters. The maximum Gasteiger partial charge on any atom is 0.420 e. The molecule has 2 amide bonds. The van der Waals surface area contributed by atoms with E-state index in [2.05, 4.69) is 5.32 Å². The zero-order valence-electron chi connectivity index (χ0n) is 15.8. The van der Waals surface area contributed by atoms with E-state index in [-0.39, 0.29) is 18.4 Å². The first-order valence-electron chi connectivity index (χ1n) is 9.43. The van der Waals surface area contributed by atoms with Crippen molar-refractivity contribution in [1.82, 2.24) is 9.47 Å². The molecule has 7 nitrogen and oxygen atoms in total. The summed E-state index contributed by atoms with van der Waals surface area (Å²) in [5.74, 6) is 1.23. The summed E-state index contributed by atoms with van der Waals surface area (Å²) < 4.78 is 6.44. The molecule has 4 rings (SSSR count). The van der Waals surface area contributed by atoms with Gasteiger partial charge in [-0.3, -0.25) is 14.2 Å². The van der Waals surface area contributed by atoms with Crippen LogP contribution in [0.5, 0.6) is 0 Å². The largest absolute Gasteiger partial charge is 0.420 e. The highest BCUT2D eigenvalue weighted by Crippen LogP contribution is 2.15. The van der Waals surface area contributed by atoms with Gasteiger partial charge in [0.25, 0.3) is 0 Å². The number of oxazole rings is 1. The minimum Gasteiger partial charge on any atom is -0.408 e. The third-order valence-electron chi connectivity index (χ3n) is 4.83. The monoisotopic (exact) mass is 411 g/mol. The third kappa shape index (κ3) is 4.54. The highest BCUT2D eigenvalue weighted by molar-refractivity contribution is 7.99. The van der Waals surface area contributed by atoms with Crippen LogP contribution in [0, 0.1) is 0 Å². The fourth-order valence-corrected chi connectivity index (χ4v) is 4.22. The number of carbonyl (C=O) groups is 2. The van der Waals surface area contributed by atoms with Crippen molar-refractivity contribution in [2.24, 2.45) is 0 Å². The molecule has 2 aromatic carbocycles. The number of carbonyl (C=O) groups excluding carboxylic acids is 2. The van der Waals surface area contributed by atoms with E-state index in [1.165, 1.54) is 4.57 Å². The second-order valence-electron chi connectivity index (χ2n) is 6.84. The number of benzene rings is 2. The predicted molar refractivity (Wildman–Crippen MR) is 113 cm³/mol. The minimum atomic E-state index is -0.564. The molecular formula is C21H21N3O4S. The van der Waals surface area contributed by atoms with E-state index in [1.807, 2.05) is 28.8 Å². The molecule has 1 N–H and O–H groups in total. The summed E-state index contributed by atoms with van der Waals surface area (Å²) in [5, 5.41) is 2.78. The molecule has 1 aliphatic heterocycles. The molecule has 3 aromatic rings. The Morgan fingerprint density at radius 1 is 1.03 bits per heavy atom. The normalized spacial score (nSPS) is 14.1. The lowest BCUT2D eigenvalue weighted by Crippen LogP contribution is -2.38. The Morgan fingerprint density at radius 2 is 1.76 bits per heavy atom. The number of fused-ring (bicyclic) bond motifs is 1. The molecule has 0 aliphatic carbocycles. The quantitative estimate of drug-likeness (QED) is 0.697. The van der Waals surface area contributed by atoms with Crippen LogP contribution in [0.25, 0.3) is 11.1 Å². The van der Waals surface area contributed by atoms with Crippen LogP contribution in [0.1, 0.15) is 5.56 Å². The maximum absolute atomic E-state index is 12.4. The molecule has 0 bridgehead atoms. The fourth-order valence-electron chi connectivity index (χ4n) is 3.31. The average Bonchev–Trinajstić information content (AvgIpc) is 3.05. The molecule has 0 spiro atoms. The first-order chi connectivity index (χ1) is 14.1. The predicted octanol–water partition coefficient (Wildman–Crippen LogP) is 2.35. The van der Waals surface area contributed by atoms with E-state index < -0.39 is 5.76 Å². The van der Waals surface area contributed by atoms with Gasteiger partial charge in [0.1, 0.15) is 6.54 Å². The average molecular weight is 411 g/mol. The zero-order chi connectivity index (χ0) is 20.2. The second kappa shape index (κ2) is 8.57. The Balaban J connectivity index is 1.37. The summed E-state index contributed by atoms with van der Waals surface area (Å²) in [5.41, 5.74) is 2.55. The third-order valence-corrected chi connectivity index (χ3v) is 5.77. The lowest BCUT2D eigenvalue weighted by Gasteiger charge is -2.26. The summed E-state index contributed by atoms with van der Waals surface area (Å²) in [7, 11) is 0. The lowest BCUT2D eigenvalue weighted by molar-refractivity contribution is -0.130. The van der Waals surface area contributed by atoms with Gasteiger partial charge < -0.3 is 14.6 Å². The van der Waals surface area contributed by atoms with E-state index in [4.69, 9.17) is 4.42 Å². The van der Waals surface area contributed by atoms with Crippen molar-refractivity contribution < 1.29 is 14.0 Å². The van der Waals surface area contributed by atoms with Crippen molar-refractivity contribution in [1.29, 1.82) is 0 Å². The Hall–Kier alpha value is -3.00. The van der Waals surface area contributed by atoms with Gasteiger partial charge in [0.2, 0.25) is 11.8 Å². The molecule has 1 aromatic heterocycles. The van der Waals surface area contributed by atoms with E-state index in [0.29, 0.717) is 23.2 Å². The highest BCUT2D eigenvalue weighted by atomic mass is 32.2. The van der Waals surface area contributed by atoms with E-state index in [0.717, 1.165) is 30.2 Å². The number of aromatic nitrogens is 1. The molecule has 8 heteroatoms.